The molecule has 1 saturated heterocycles. The number of imide groups is 1. The summed E-state index contributed by atoms with van der Waals surface area (Å²) in [5.41, 5.74) is 3.19. The van der Waals surface area contributed by atoms with Crippen LogP contribution in [0.4, 0.5) is 10.7 Å². The summed E-state index contributed by atoms with van der Waals surface area (Å²) in [5.74, 6) is 0.165. The molecule has 3 heterocycles. The first-order valence-electron chi connectivity index (χ1n) is 11.3. The van der Waals surface area contributed by atoms with Crippen molar-refractivity contribution in [2.45, 2.75) is 44.3 Å². The number of hydrogen-bond donors (Lipinski definition) is 3. The summed E-state index contributed by atoms with van der Waals surface area (Å²) in [5, 5.41) is 11.2. The maximum atomic E-state index is 11.8. The summed E-state index contributed by atoms with van der Waals surface area (Å²) in [7, 11) is 0. The number of carbonyl (C=O) groups excluding carboxylic acids is 2. The fourth-order valence-electron chi connectivity index (χ4n) is 4.24. The molecule has 3 N–H and O–H groups in total. The minimum absolute atomic E-state index is 0.314. The van der Waals surface area contributed by atoms with Gasteiger partial charge in [-0.1, -0.05) is 24.3 Å². The predicted molar refractivity (Wildman–Crippen MR) is 137 cm³/mol. The van der Waals surface area contributed by atoms with Crippen LogP contribution in [0, 0.1) is 0 Å². The van der Waals surface area contributed by atoms with Gasteiger partial charge in [0.25, 0.3) is 11.1 Å². The van der Waals surface area contributed by atoms with Crippen LogP contribution in [0.25, 0.3) is 16.5 Å². The first-order chi connectivity index (χ1) is 16.6. The highest BCUT2D eigenvalue weighted by Crippen LogP contribution is 2.27. The second-order valence-electron chi connectivity index (χ2n) is 8.41. The molecule has 5 rings (SSSR count). The molecule has 34 heavy (non-hydrogen) atoms. The van der Waals surface area contributed by atoms with Crippen LogP contribution in [-0.4, -0.2) is 33.2 Å². The van der Waals surface area contributed by atoms with E-state index in [1.165, 1.54) is 16.0 Å². The molecule has 1 aliphatic carbocycles. The number of thiophene rings is 1. The lowest BCUT2D eigenvalue weighted by atomic mass is 9.91. The lowest BCUT2D eigenvalue weighted by Gasteiger charge is -2.30. The van der Waals surface area contributed by atoms with Crippen molar-refractivity contribution >= 4 is 46.3 Å². The van der Waals surface area contributed by atoms with E-state index in [9.17, 15) is 9.59 Å². The molecule has 1 saturated carbocycles. The van der Waals surface area contributed by atoms with Gasteiger partial charge in [0.05, 0.1) is 10.6 Å². The zero-order valence-electron chi connectivity index (χ0n) is 18.5. The molecule has 2 amide bonds. The van der Waals surface area contributed by atoms with Crippen LogP contribution in [0.1, 0.15) is 36.9 Å². The highest BCUT2D eigenvalue weighted by atomic mass is 32.2. The quantitative estimate of drug-likeness (QED) is 0.398. The van der Waals surface area contributed by atoms with Crippen molar-refractivity contribution in [3.8, 4) is 10.4 Å². The van der Waals surface area contributed by atoms with Crippen molar-refractivity contribution < 1.29 is 9.59 Å². The molecule has 2 aromatic heterocycles. The van der Waals surface area contributed by atoms with E-state index in [0.717, 1.165) is 44.0 Å². The molecule has 0 atom stereocenters. The van der Waals surface area contributed by atoms with Crippen molar-refractivity contribution in [1.29, 1.82) is 0 Å². The third-order valence-corrected chi connectivity index (χ3v) is 7.72. The fraction of sp³-hybridized carbons (Fsp3) is 0.280. The van der Waals surface area contributed by atoms with Gasteiger partial charge in [0.1, 0.15) is 0 Å². The van der Waals surface area contributed by atoms with Gasteiger partial charge in [-0.15, -0.1) is 11.3 Å². The number of amides is 2. The Bertz CT molecular complexity index is 1200. The van der Waals surface area contributed by atoms with Crippen LogP contribution in [0.15, 0.2) is 58.9 Å². The van der Waals surface area contributed by atoms with Crippen LogP contribution in [-0.2, 0) is 11.3 Å². The molecule has 2 fully saturated rings. The van der Waals surface area contributed by atoms with Gasteiger partial charge in [-0.3, -0.25) is 14.9 Å². The molecule has 3 aromatic rings. The Labute approximate surface area is 206 Å². The Balaban J connectivity index is 1.11. The standard InChI is InChI=1S/C25H25N5O2S2/c31-23-22(34-25(32)30-23)14-20-10-11-26-24(29-20)28-19-8-6-18(7-9-19)27-15-16-3-1-4-17(13-16)21-5-2-12-33-21/h1-5,10-14,18-19,27H,6-9,15H2,(H,26,28,29)(H,30,31,32)/t18-,19-. The number of nitrogens with zero attached hydrogens (tertiary/aromatic N) is 2. The zero-order valence-corrected chi connectivity index (χ0v) is 20.1. The molecule has 2 aliphatic rings. The fourth-order valence-corrected chi connectivity index (χ4v) is 5.63. The van der Waals surface area contributed by atoms with Gasteiger partial charge in [0.2, 0.25) is 5.95 Å². The van der Waals surface area contributed by atoms with E-state index in [-0.39, 0.29) is 11.1 Å². The Hall–Kier alpha value is -3.01. The molecule has 9 heteroatoms. The number of nitrogens with one attached hydrogen (secondary N) is 3. The van der Waals surface area contributed by atoms with E-state index >= 15 is 0 Å². The predicted octanol–water partition coefficient (Wildman–Crippen LogP) is 5.04. The molecular formula is C25H25N5O2S2. The monoisotopic (exact) mass is 491 g/mol. The first-order valence-corrected chi connectivity index (χ1v) is 13.0. The van der Waals surface area contributed by atoms with E-state index < -0.39 is 0 Å². The van der Waals surface area contributed by atoms with Gasteiger partial charge >= 0.3 is 0 Å². The molecule has 0 spiro atoms. The van der Waals surface area contributed by atoms with Crippen LogP contribution in [0.3, 0.4) is 0 Å². The van der Waals surface area contributed by atoms with Gasteiger partial charge in [0, 0.05) is 29.7 Å². The Kier molecular flexibility index (Phi) is 7.03. The number of hydrogen-bond acceptors (Lipinski definition) is 8. The number of anilines is 1. The van der Waals surface area contributed by atoms with Gasteiger partial charge < -0.3 is 10.6 Å². The van der Waals surface area contributed by atoms with Crippen molar-refractivity contribution in [2.75, 3.05) is 5.32 Å². The van der Waals surface area contributed by atoms with Gasteiger partial charge in [-0.25, -0.2) is 9.97 Å². The maximum Gasteiger partial charge on any atom is 0.290 e. The minimum Gasteiger partial charge on any atom is -0.351 e. The largest absolute Gasteiger partial charge is 0.351 e. The molecule has 7 nitrogen and oxygen atoms in total. The van der Waals surface area contributed by atoms with Crippen molar-refractivity contribution in [1.82, 2.24) is 20.6 Å². The number of benzene rings is 1. The number of thioether (sulfide) groups is 1. The zero-order chi connectivity index (χ0) is 23.3. The molecule has 1 aromatic carbocycles. The number of aromatic nitrogens is 2. The van der Waals surface area contributed by atoms with Crippen molar-refractivity contribution in [3.63, 3.8) is 0 Å². The SMILES string of the molecule is O=C1NC(=O)C(=Cc2ccnc(N[C@H]3CC[C@H](NCc4cccc(-c5cccs5)c4)CC3)n2)S1. The maximum absolute atomic E-state index is 11.8. The van der Waals surface area contributed by atoms with E-state index in [1.54, 1.807) is 29.7 Å². The topological polar surface area (TPSA) is 96.0 Å². The molecule has 174 valence electrons. The lowest BCUT2D eigenvalue weighted by Crippen LogP contribution is -2.36. The summed E-state index contributed by atoms with van der Waals surface area (Å²) in [6.07, 6.45) is 7.53. The van der Waals surface area contributed by atoms with Crippen LogP contribution >= 0.6 is 23.1 Å². The van der Waals surface area contributed by atoms with E-state index in [1.807, 2.05) is 0 Å². The third kappa shape index (κ3) is 5.72. The molecule has 0 bridgehead atoms. The average molecular weight is 492 g/mol. The highest BCUT2D eigenvalue weighted by Gasteiger charge is 2.25. The van der Waals surface area contributed by atoms with E-state index in [2.05, 4.69) is 67.7 Å². The summed E-state index contributed by atoms with van der Waals surface area (Å²) < 4.78 is 0. The molecule has 1 aliphatic heterocycles. The minimum atomic E-state index is -0.382. The van der Waals surface area contributed by atoms with Crippen LogP contribution in [0.5, 0.6) is 0 Å². The number of carbonyl (C=O) groups is 2. The van der Waals surface area contributed by atoms with E-state index in [0.29, 0.717) is 28.6 Å². The smallest absolute Gasteiger partial charge is 0.290 e. The highest BCUT2D eigenvalue weighted by molar-refractivity contribution is 8.18. The summed E-state index contributed by atoms with van der Waals surface area (Å²) in [4.78, 5) is 33.6. The third-order valence-electron chi connectivity index (χ3n) is 5.99. The summed E-state index contributed by atoms with van der Waals surface area (Å²) in [6, 6.07) is 15.5. The van der Waals surface area contributed by atoms with Crippen molar-refractivity contribution in [3.05, 3.63) is 70.2 Å². The summed E-state index contributed by atoms with van der Waals surface area (Å²) >= 11 is 2.65. The molecule has 0 radical (unpaired) electrons. The van der Waals surface area contributed by atoms with Crippen molar-refractivity contribution in [2.24, 2.45) is 0 Å². The molecular weight excluding hydrogens is 466 g/mol. The second kappa shape index (κ2) is 10.5. The Morgan fingerprint density at radius 1 is 1.06 bits per heavy atom. The Morgan fingerprint density at radius 2 is 1.91 bits per heavy atom. The summed E-state index contributed by atoms with van der Waals surface area (Å²) in [6.45, 7) is 0.871. The second-order valence-corrected chi connectivity index (χ2v) is 10.4. The number of rotatable bonds is 7. The normalized spacial score (nSPS) is 21.6. The van der Waals surface area contributed by atoms with Crippen LogP contribution in [0.2, 0.25) is 0 Å². The van der Waals surface area contributed by atoms with E-state index in [4.69, 9.17) is 0 Å². The van der Waals surface area contributed by atoms with Gasteiger partial charge in [-0.05, 0) is 78.2 Å². The van der Waals surface area contributed by atoms with Gasteiger partial charge in [0.15, 0.2) is 0 Å². The van der Waals surface area contributed by atoms with Crippen LogP contribution < -0.4 is 16.0 Å². The molecule has 0 unspecified atom stereocenters. The van der Waals surface area contributed by atoms with Gasteiger partial charge in [-0.2, -0.15) is 0 Å². The first kappa shape index (κ1) is 22.8. The Morgan fingerprint density at radius 3 is 2.68 bits per heavy atom. The average Bonchev–Trinajstić information content (AvgIpc) is 3.49. The lowest BCUT2D eigenvalue weighted by molar-refractivity contribution is -0.115.